The monoisotopic (exact) mass is 392 g/mol. The van der Waals surface area contributed by atoms with Crippen LogP contribution in [-0.4, -0.2) is 28.5 Å². The quantitative estimate of drug-likeness (QED) is 0.533. The lowest BCUT2D eigenvalue weighted by atomic mass is 10.1. The molecule has 0 fully saturated rings. The zero-order valence-electron chi connectivity index (χ0n) is 17.3. The van der Waals surface area contributed by atoms with Crippen molar-refractivity contribution in [3.63, 3.8) is 0 Å². The molecule has 3 aromatic heterocycles. The molecule has 8 heteroatoms. The van der Waals surface area contributed by atoms with E-state index < -0.39 is 0 Å². The minimum absolute atomic E-state index is 0.298. The first-order valence-electron chi connectivity index (χ1n) is 9.61. The van der Waals surface area contributed by atoms with Crippen molar-refractivity contribution in [2.75, 3.05) is 0 Å². The van der Waals surface area contributed by atoms with Crippen molar-refractivity contribution in [1.82, 2.24) is 28.5 Å². The molecule has 0 bridgehead atoms. The van der Waals surface area contributed by atoms with Crippen LogP contribution < -0.4 is 11.2 Å². The molecule has 1 aromatic carbocycles. The molecule has 0 atom stereocenters. The number of aromatic nitrogens is 6. The summed E-state index contributed by atoms with van der Waals surface area (Å²) in [6.07, 6.45) is 0. The Kier molecular flexibility index (Phi) is 4.49. The van der Waals surface area contributed by atoms with E-state index in [0.29, 0.717) is 30.2 Å². The predicted molar refractivity (Wildman–Crippen MR) is 112 cm³/mol. The third kappa shape index (κ3) is 3.00. The Balaban J connectivity index is 2.08. The molecule has 0 amide bonds. The largest absolute Gasteiger partial charge is 0.332 e. The highest BCUT2D eigenvalue weighted by Crippen LogP contribution is 2.19. The van der Waals surface area contributed by atoms with Gasteiger partial charge in [0.2, 0.25) is 5.95 Å². The number of nitrogens with zero attached hydrogens (tertiary/aromatic N) is 6. The van der Waals surface area contributed by atoms with Gasteiger partial charge in [0, 0.05) is 19.3 Å². The molecule has 0 N–H and O–H groups in total. The zero-order valence-corrected chi connectivity index (χ0v) is 17.3. The third-order valence-electron chi connectivity index (χ3n) is 5.19. The normalized spacial score (nSPS) is 11.5. The van der Waals surface area contributed by atoms with Gasteiger partial charge in [-0.3, -0.25) is 18.5 Å². The summed E-state index contributed by atoms with van der Waals surface area (Å²) in [4.78, 5) is 30.5. The summed E-state index contributed by atoms with van der Waals surface area (Å²) in [5, 5.41) is 4.55. The van der Waals surface area contributed by atoms with Crippen molar-refractivity contribution in [2.24, 2.45) is 7.05 Å². The fourth-order valence-corrected chi connectivity index (χ4v) is 3.66. The van der Waals surface area contributed by atoms with Crippen LogP contribution in [0.25, 0.3) is 17.1 Å². The van der Waals surface area contributed by atoms with Crippen molar-refractivity contribution in [3.05, 3.63) is 73.7 Å². The van der Waals surface area contributed by atoms with Crippen molar-refractivity contribution >= 4 is 11.2 Å². The van der Waals surface area contributed by atoms with Crippen LogP contribution in [0.2, 0.25) is 0 Å². The summed E-state index contributed by atoms with van der Waals surface area (Å²) < 4.78 is 6.25. The van der Waals surface area contributed by atoms with Crippen LogP contribution in [0.3, 0.4) is 0 Å². The Labute approximate surface area is 167 Å². The Morgan fingerprint density at radius 2 is 1.69 bits per heavy atom. The molecule has 0 unspecified atom stereocenters. The smallest absolute Gasteiger partial charge is 0.298 e. The summed E-state index contributed by atoms with van der Waals surface area (Å²) >= 11 is 0. The topological polar surface area (TPSA) is 79.6 Å². The van der Waals surface area contributed by atoms with E-state index in [1.165, 1.54) is 14.7 Å². The van der Waals surface area contributed by atoms with E-state index in [4.69, 9.17) is 0 Å². The fraction of sp³-hybridized carbons (Fsp3) is 0.333. The lowest BCUT2D eigenvalue weighted by molar-refractivity contribution is 0.633. The van der Waals surface area contributed by atoms with Gasteiger partial charge >= 0.3 is 5.69 Å². The Morgan fingerprint density at radius 3 is 2.28 bits per heavy atom. The highest BCUT2D eigenvalue weighted by Gasteiger charge is 2.22. The van der Waals surface area contributed by atoms with Gasteiger partial charge in [-0.15, -0.1) is 0 Å². The zero-order chi connectivity index (χ0) is 20.9. The van der Waals surface area contributed by atoms with Crippen LogP contribution in [-0.2, 0) is 20.1 Å². The van der Waals surface area contributed by atoms with E-state index in [-0.39, 0.29) is 11.2 Å². The first-order chi connectivity index (χ1) is 13.8. The maximum absolute atomic E-state index is 13.2. The Bertz CT molecular complexity index is 1330. The predicted octanol–water partition coefficient (Wildman–Crippen LogP) is 2.08. The minimum Gasteiger partial charge on any atom is -0.298 e. The lowest BCUT2D eigenvalue weighted by Crippen LogP contribution is -2.39. The molecule has 0 radical (unpaired) electrons. The van der Waals surface area contributed by atoms with Gasteiger partial charge in [0.15, 0.2) is 11.2 Å². The standard InChI is InChI=1S/C21H24N6O2/c1-6-25-19(28)17-18(24(5)21(25)29)22-20(27-15(4)11-14(3)23-27)26(17)12-16-9-7-13(2)8-10-16/h7-11H,6,12H2,1-5H3. The molecular formula is C21H24N6O2. The van der Waals surface area contributed by atoms with Crippen LogP contribution in [0.15, 0.2) is 39.9 Å². The molecule has 0 aliphatic heterocycles. The van der Waals surface area contributed by atoms with Crippen molar-refractivity contribution < 1.29 is 0 Å². The minimum atomic E-state index is -0.370. The van der Waals surface area contributed by atoms with Gasteiger partial charge in [0.05, 0.1) is 12.2 Å². The van der Waals surface area contributed by atoms with Gasteiger partial charge in [-0.2, -0.15) is 10.1 Å². The molecule has 4 rings (SSSR count). The van der Waals surface area contributed by atoms with Gasteiger partial charge in [0.1, 0.15) is 0 Å². The second kappa shape index (κ2) is 6.88. The molecule has 29 heavy (non-hydrogen) atoms. The summed E-state index contributed by atoms with van der Waals surface area (Å²) in [6.45, 7) is 8.42. The average Bonchev–Trinajstić information content (AvgIpc) is 3.22. The molecule has 8 nitrogen and oxygen atoms in total. The molecular weight excluding hydrogens is 368 g/mol. The molecule has 150 valence electrons. The highest BCUT2D eigenvalue weighted by atomic mass is 16.2. The van der Waals surface area contributed by atoms with Gasteiger partial charge in [-0.25, -0.2) is 9.48 Å². The van der Waals surface area contributed by atoms with Gasteiger partial charge in [-0.05, 0) is 39.3 Å². The van der Waals surface area contributed by atoms with E-state index in [1.807, 2.05) is 55.7 Å². The number of fused-ring (bicyclic) bond motifs is 1. The molecule has 0 spiro atoms. The maximum atomic E-state index is 13.2. The molecule has 0 saturated carbocycles. The van der Waals surface area contributed by atoms with E-state index in [9.17, 15) is 9.59 Å². The van der Waals surface area contributed by atoms with Crippen molar-refractivity contribution in [1.29, 1.82) is 0 Å². The van der Waals surface area contributed by atoms with Crippen LogP contribution in [0.4, 0.5) is 0 Å². The van der Waals surface area contributed by atoms with Crippen LogP contribution in [0.5, 0.6) is 0 Å². The molecule has 4 aromatic rings. The second-order valence-electron chi connectivity index (χ2n) is 7.39. The Morgan fingerprint density at radius 1 is 1.00 bits per heavy atom. The van der Waals surface area contributed by atoms with Crippen molar-refractivity contribution in [3.8, 4) is 5.95 Å². The van der Waals surface area contributed by atoms with E-state index in [1.54, 1.807) is 18.7 Å². The van der Waals surface area contributed by atoms with E-state index >= 15 is 0 Å². The summed E-state index contributed by atoms with van der Waals surface area (Å²) in [6, 6.07) is 10.1. The van der Waals surface area contributed by atoms with E-state index in [0.717, 1.165) is 17.0 Å². The van der Waals surface area contributed by atoms with Gasteiger partial charge in [0.25, 0.3) is 5.56 Å². The number of hydrogen-bond donors (Lipinski definition) is 0. The first-order valence-corrected chi connectivity index (χ1v) is 9.61. The maximum Gasteiger partial charge on any atom is 0.332 e. The van der Waals surface area contributed by atoms with Crippen LogP contribution in [0.1, 0.15) is 29.4 Å². The first kappa shape index (κ1) is 18.9. The van der Waals surface area contributed by atoms with Gasteiger partial charge < -0.3 is 0 Å². The average molecular weight is 392 g/mol. The van der Waals surface area contributed by atoms with Crippen molar-refractivity contribution in [2.45, 2.75) is 40.8 Å². The summed E-state index contributed by atoms with van der Waals surface area (Å²) in [5.74, 6) is 0.520. The number of rotatable bonds is 4. The highest BCUT2D eigenvalue weighted by molar-refractivity contribution is 5.73. The SMILES string of the molecule is CCn1c(=O)c2c(nc(-n3nc(C)cc3C)n2Cc2ccc(C)cc2)n(C)c1=O. The Hall–Kier alpha value is -3.42. The molecule has 0 aliphatic carbocycles. The van der Waals surface area contributed by atoms with Crippen LogP contribution in [0, 0.1) is 20.8 Å². The second-order valence-corrected chi connectivity index (χ2v) is 7.39. The lowest BCUT2D eigenvalue weighted by Gasteiger charge is -2.11. The van der Waals surface area contributed by atoms with E-state index in [2.05, 4.69) is 10.1 Å². The fourth-order valence-electron chi connectivity index (χ4n) is 3.66. The summed E-state index contributed by atoms with van der Waals surface area (Å²) in [5.41, 5.74) is 4.02. The molecule has 0 saturated heterocycles. The summed E-state index contributed by atoms with van der Waals surface area (Å²) in [7, 11) is 1.64. The number of benzene rings is 1. The molecule has 3 heterocycles. The van der Waals surface area contributed by atoms with Crippen LogP contribution >= 0.6 is 0 Å². The molecule has 0 aliphatic rings. The number of hydrogen-bond acceptors (Lipinski definition) is 4. The third-order valence-corrected chi connectivity index (χ3v) is 5.19. The number of imidazole rings is 1. The van der Waals surface area contributed by atoms with Gasteiger partial charge in [-0.1, -0.05) is 29.8 Å². The number of aryl methyl sites for hydroxylation is 4.